The van der Waals surface area contributed by atoms with Crippen molar-refractivity contribution in [2.75, 3.05) is 0 Å². The second kappa shape index (κ2) is 4.94. The Morgan fingerprint density at radius 1 is 1.22 bits per heavy atom. The Bertz CT molecular complexity index is 547. The van der Waals surface area contributed by atoms with E-state index in [0.717, 1.165) is 24.1 Å². The maximum absolute atomic E-state index is 12.1. The Morgan fingerprint density at radius 3 is 2.94 bits per heavy atom. The highest BCUT2D eigenvalue weighted by Crippen LogP contribution is 2.29. The number of thiophene rings is 1. The third-order valence-electron chi connectivity index (χ3n) is 3.42. The van der Waals surface area contributed by atoms with Crippen molar-refractivity contribution in [1.82, 2.24) is 5.32 Å². The van der Waals surface area contributed by atoms with Crippen LogP contribution in [0.1, 0.15) is 39.7 Å². The van der Waals surface area contributed by atoms with Gasteiger partial charge in [-0.1, -0.05) is 30.3 Å². The SMILES string of the molecule is O=C(N[C@@H]1CCCc2ccccc21)c1cccs1. The quantitative estimate of drug-likeness (QED) is 0.875. The van der Waals surface area contributed by atoms with Crippen LogP contribution < -0.4 is 5.32 Å². The molecule has 0 bridgehead atoms. The lowest BCUT2D eigenvalue weighted by Gasteiger charge is -2.26. The van der Waals surface area contributed by atoms with Crippen LogP contribution in [0.25, 0.3) is 0 Å². The fourth-order valence-corrected chi connectivity index (χ4v) is 3.17. The van der Waals surface area contributed by atoms with Gasteiger partial charge >= 0.3 is 0 Å². The van der Waals surface area contributed by atoms with Gasteiger partial charge < -0.3 is 5.32 Å². The van der Waals surface area contributed by atoms with E-state index in [1.54, 1.807) is 0 Å². The van der Waals surface area contributed by atoms with Crippen LogP contribution in [-0.4, -0.2) is 5.91 Å². The van der Waals surface area contributed by atoms with Crippen molar-refractivity contribution in [2.24, 2.45) is 0 Å². The molecule has 1 aromatic heterocycles. The molecule has 18 heavy (non-hydrogen) atoms. The fourth-order valence-electron chi connectivity index (χ4n) is 2.54. The van der Waals surface area contributed by atoms with Gasteiger partial charge in [-0.25, -0.2) is 0 Å². The smallest absolute Gasteiger partial charge is 0.261 e. The topological polar surface area (TPSA) is 29.1 Å². The lowest BCUT2D eigenvalue weighted by molar-refractivity contribution is 0.0937. The molecule has 0 spiro atoms. The molecular formula is C15H15NOS. The van der Waals surface area contributed by atoms with Crippen molar-refractivity contribution in [3.05, 3.63) is 57.8 Å². The van der Waals surface area contributed by atoms with Crippen LogP contribution in [0.2, 0.25) is 0 Å². The molecule has 2 nitrogen and oxygen atoms in total. The first-order valence-corrected chi connectivity index (χ1v) is 7.15. The monoisotopic (exact) mass is 257 g/mol. The van der Waals surface area contributed by atoms with Crippen molar-refractivity contribution in [2.45, 2.75) is 25.3 Å². The van der Waals surface area contributed by atoms with Crippen molar-refractivity contribution >= 4 is 17.2 Å². The number of fused-ring (bicyclic) bond motifs is 1. The lowest BCUT2D eigenvalue weighted by Crippen LogP contribution is -2.30. The molecule has 0 radical (unpaired) electrons. The van der Waals surface area contributed by atoms with Crippen molar-refractivity contribution in [1.29, 1.82) is 0 Å². The van der Waals surface area contributed by atoms with E-state index in [4.69, 9.17) is 0 Å². The van der Waals surface area contributed by atoms with E-state index in [1.165, 1.54) is 22.5 Å². The van der Waals surface area contributed by atoms with Crippen LogP contribution in [0.3, 0.4) is 0 Å². The fraction of sp³-hybridized carbons (Fsp3) is 0.267. The van der Waals surface area contributed by atoms with Crippen LogP contribution in [0.4, 0.5) is 0 Å². The summed E-state index contributed by atoms with van der Waals surface area (Å²) < 4.78 is 0. The van der Waals surface area contributed by atoms with Gasteiger partial charge in [0.1, 0.15) is 0 Å². The average molecular weight is 257 g/mol. The van der Waals surface area contributed by atoms with E-state index >= 15 is 0 Å². The first-order chi connectivity index (χ1) is 8.84. The van der Waals surface area contributed by atoms with Crippen LogP contribution in [0, 0.1) is 0 Å². The molecule has 1 aromatic carbocycles. The molecule has 0 fully saturated rings. The molecule has 1 amide bonds. The normalized spacial score (nSPS) is 18.1. The Balaban J connectivity index is 1.80. The predicted molar refractivity (Wildman–Crippen MR) is 73.9 cm³/mol. The number of carbonyl (C=O) groups excluding carboxylic acids is 1. The molecule has 2 aromatic rings. The van der Waals surface area contributed by atoms with E-state index < -0.39 is 0 Å². The number of amides is 1. The summed E-state index contributed by atoms with van der Waals surface area (Å²) in [6, 6.07) is 12.4. The zero-order chi connectivity index (χ0) is 12.4. The molecule has 1 heterocycles. The first kappa shape index (κ1) is 11.5. The molecule has 1 N–H and O–H groups in total. The van der Waals surface area contributed by atoms with E-state index in [9.17, 15) is 4.79 Å². The summed E-state index contributed by atoms with van der Waals surface area (Å²) in [5.74, 6) is 0.0479. The standard InChI is InChI=1S/C15H15NOS/c17-15(14-9-4-10-18-14)16-13-8-3-6-11-5-1-2-7-12(11)13/h1-2,4-5,7,9-10,13H,3,6,8H2,(H,16,17)/t13-/m1/s1. The highest BCUT2D eigenvalue weighted by atomic mass is 32.1. The second-order valence-electron chi connectivity index (χ2n) is 4.59. The highest BCUT2D eigenvalue weighted by molar-refractivity contribution is 7.12. The van der Waals surface area contributed by atoms with Gasteiger partial charge in [0.2, 0.25) is 0 Å². The Labute approximate surface area is 111 Å². The van der Waals surface area contributed by atoms with Crippen LogP contribution in [0.15, 0.2) is 41.8 Å². The zero-order valence-corrected chi connectivity index (χ0v) is 10.9. The van der Waals surface area contributed by atoms with Gasteiger partial charge in [-0.05, 0) is 41.8 Å². The van der Waals surface area contributed by atoms with E-state index in [2.05, 4.69) is 29.6 Å². The molecule has 0 aliphatic heterocycles. The lowest BCUT2D eigenvalue weighted by atomic mass is 9.88. The van der Waals surface area contributed by atoms with Gasteiger partial charge in [-0.2, -0.15) is 0 Å². The van der Waals surface area contributed by atoms with Gasteiger partial charge in [0.25, 0.3) is 5.91 Å². The van der Waals surface area contributed by atoms with Gasteiger partial charge in [-0.15, -0.1) is 11.3 Å². The number of hydrogen-bond acceptors (Lipinski definition) is 2. The summed E-state index contributed by atoms with van der Waals surface area (Å²) in [5, 5.41) is 5.08. The largest absolute Gasteiger partial charge is 0.345 e. The molecule has 1 aliphatic carbocycles. The number of hydrogen-bond donors (Lipinski definition) is 1. The molecule has 0 unspecified atom stereocenters. The molecule has 1 aliphatic rings. The van der Waals surface area contributed by atoms with Gasteiger partial charge in [0.15, 0.2) is 0 Å². The molecule has 1 atom stereocenters. The molecule has 0 saturated heterocycles. The predicted octanol–water partition coefficient (Wildman–Crippen LogP) is 3.56. The summed E-state index contributed by atoms with van der Waals surface area (Å²) in [4.78, 5) is 12.9. The van der Waals surface area contributed by atoms with Crippen LogP contribution >= 0.6 is 11.3 Å². The second-order valence-corrected chi connectivity index (χ2v) is 5.54. The van der Waals surface area contributed by atoms with E-state index in [-0.39, 0.29) is 11.9 Å². The summed E-state index contributed by atoms with van der Waals surface area (Å²) in [6.07, 6.45) is 3.31. The number of carbonyl (C=O) groups is 1. The Hall–Kier alpha value is -1.61. The van der Waals surface area contributed by atoms with Crippen molar-refractivity contribution in [3.8, 4) is 0 Å². The minimum Gasteiger partial charge on any atom is -0.345 e. The van der Waals surface area contributed by atoms with Gasteiger partial charge in [-0.3, -0.25) is 4.79 Å². The molecule has 3 heteroatoms. The van der Waals surface area contributed by atoms with Crippen LogP contribution in [0.5, 0.6) is 0 Å². The minimum absolute atomic E-state index is 0.0479. The number of nitrogens with one attached hydrogen (secondary N) is 1. The maximum Gasteiger partial charge on any atom is 0.261 e. The van der Waals surface area contributed by atoms with Gasteiger partial charge in [0.05, 0.1) is 10.9 Å². The van der Waals surface area contributed by atoms with E-state index in [0.29, 0.717) is 0 Å². The van der Waals surface area contributed by atoms with Gasteiger partial charge in [0, 0.05) is 0 Å². The maximum atomic E-state index is 12.1. The van der Waals surface area contributed by atoms with Crippen molar-refractivity contribution in [3.63, 3.8) is 0 Å². The molecule has 3 rings (SSSR count). The summed E-state index contributed by atoms with van der Waals surface area (Å²) >= 11 is 1.49. The van der Waals surface area contributed by atoms with Crippen LogP contribution in [-0.2, 0) is 6.42 Å². The van der Waals surface area contributed by atoms with Crippen molar-refractivity contribution < 1.29 is 4.79 Å². The highest BCUT2D eigenvalue weighted by Gasteiger charge is 2.21. The number of rotatable bonds is 2. The zero-order valence-electron chi connectivity index (χ0n) is 10.1. The minimum atomic E-state index is 0.0479. The summed E-state index contributed by atoms with van der Waals surface area (Å²) in [7, 11) is 0. The number of benzene rings is 1. The molecular weight excluding hydrogens is 242 g/mol. The average Bonchev–Trinajstić information content (AvgIpc) is 2.93. The summed E-state index contributed by atoms with van der Waals surface area (Å²) in [5.41, 5.74) is 2.66. The first-order valence-electron chi connectivity index (χ1n) is 6.27. The third kappa shape index (κ3) is 2.18. The number of aryl methyl sites for hydroxylation is 1. The Kier molecular flexibility index (Phi) is 3.15. The summed E-state index contributed by atoms with van der Waals surface area (Å²) in [6.45, 7) is 0. The van der Waals surface area contributed by atoms with E-state index in [1.807, 2.05) is 17.5 Å². The molecule has 0 saturated carbocycles. The Morgan fingerprint density at radius 2 is 2.11 bits per heavy atom. The third-order valence-corrected chi connectivity index (χ3v) is 4.29. The molecule has 92 valence electrons.